The number of hydrogen-bond acceptors (Lipinski definition) is 6. The van der Waals surface area contributed by atoms with Crippen LogP contribution >= 0.6 is 11.6 Å². The van der Waals surface area contributed by atoms with E-state index < -0.39 is 5.60 Å². The van der Waals surface area contributed by atoms with Crippen LogP contribution in [0.5, 0.6) is 0 Å². The van der Waals surface area contributed by atoms with Crippen LogP contribution in [-0.4, -0.2) is 40.5 Å². The molecule has 7 nitrogen and oxygen atoms in total. The molecule has 0 unspecified atom stereocenters. The minimum Gasteiger partial charge on any atom is -0.451 e. The fourth-order valence-corrected chi connectivity index (χ4v) is 4.52. The Kier molecular flexibility index (Phi) is 4.72. The fourth-order valence-electron chi connectivity index (χ4n) is 4.29. The van der Waals surface area contributed by atoms with E-state index in [1.165, 1.54) is 0 Å². The van der Waals surface area contributed by atoms with Gasteiger partial charge < -0.3 is 19.8 Å². The highest BCUT2D eigenvalue weighted by Crippen LogP contribution is 2.41. The number of rotatable bonds is 2. The number of aromatic nitrogens is 2. The van der Waals surface area contributed by atoms with E-state index in [0.29, 0.717) is 49.1 Å². The van der Waals surface area contributed by atoms with Gasteiger partial charge >= 0.3 is 0 Å². The lowest BCUT2D eigenvalue weighted by Crippen LogP contribution is -2.48. The van der Waals surface area contributed by atoms with Gasteiger partial charge in [-0.15, -0.1) is 0 Å². The summed E-state index contributed by atoms with van der Waals surface area (Å²) in [5.41, 5.74) is 8.02. The number of benzene rings is 1. The highest BCUT2D eigenvalue weighted by atomic mass is 35.5. The highest BCUT2D eigenvalue weighted by Gasteiger charge is 2.43. The summed E-state index contributed by atoms with van der Waals surface area (Å²) < 4.78 is 12.0. The third kappa shape index (κ3) is 3.24. The second-order valence-corrected chi connectivity index (χ2v) is 8.04. The zero-order valence-electron chi connectivity index (χ0n) is 16.3. The molecule has 2 aliphatic rings. The highest BCUT2D eigenvalue weighted by molar-refractivity contribution is 6.33. The van der Waals surface area contributed by atoms with Crippen LogP contribution in [0.4, 0.5) is 5.95 Å². The summed E-state index contributed by atoms with van der Waals surface area (Å²) in [6.07, 6.45) is 3.87. The molecule has 2 aliphatic heterocycles. The molecule has 8 heteroatoms. The maximum Gasteiger partial charge on any atom is 0.289 e. The minimum absolute atomic E-state index is 0.138. The summed E-state index contributed by atoms with van der Waals surface area (Å²) in [4.78, 5) is 23.4. The molecule has 154 valence electrons. The van der Waals surface area contributed by atoms with Gasteiger partial charge in [0, 0.05) is 24.8 Å². The Morgan fingerprint density at radius 1 is 1.17 bits per heavy atom. The monoisotopic (exact) mass is 424 g/mol. The molecule has 2 N–H and O–H groups in total. The number of ether oxygens (including phenoxy) is 1. The zero-order valence-corrected chi connectivity index (χ0v) is 17.1. The largest absolute Gasteiger partial charge is 0.451 e. The number of anilines is 1. The Labute approximate surface area is 178 Å². The van der Waals surface area contributed by atoms with E-state index in [2.05, 4.69) is 9.97 Å². The summed E-state index contributed by atoms with van der Waals surface area (Å²) >= 11 is 6.24. The van der Waals surface area contributed by atoms with Gasteiger partial charge in [-0.1, -0.05) is 23.7 Å². The molecule has 0 radical (unpaired) electrons. The molecule has 5 rings (SSSR count). The molecule has 0 saturated carbocycles. The number of nitrogens with two attached hydrogens (primary N) is 1. The second kappa shape index (κ2) is 7.41. The van der Waals surface area contributed by atoms with Crippen molar-refractivity contribution in [2.45, 2.75) is 24.9 Å². The van der Waals surface area contributed by atoms with Crippen molar-refractivity contribution in [1.29, 1.82) is 0 Å². The van der Waals surface area contributed by atoms with Gasteiger partial charge in [0.05, 0.1) is 17.3 Å². The van der Waals surface area contributed by atoms with Gasteiger partial charge in [-0.3, -0.25) is 4.79 Å². The number of furan rings is 1. The van der Waals surface area contributed by atoms with Crippen LogP contribution < -0.4 is 5.73 Å². The molecule has 0 aliphatic carbocycles. The van der Waals surface area contributed by atoms with Gasteiger partial charge in [-0.05, 0) is 49.1 Å². The van der Waals surface area contributed by atoms with E-state index in [4.69, 9.17) is 26.5 Å². The van der Waals surface area contributed by atoms with Crippen molar-refractivity contribution in [3.63, 3.8) is 0 Å². The number of likely N-dealkylation sites (tertiary alicyclic amines) is 1. The molecule has 1 fully saturated rings. The second-order valence-electron chi connectivity index (χ2n) is 7.63. The maximum absolute atomic E-state index is 13.0. The van der Waals surface area contributed by atoms with Gasteiger partial charge in [-0.2, -0.15) is 0 Å². The summed E-state index contributed by atoms with van der Waals surface area (Å²) in [7, 11) is 0. The van der Waals surface area contributed by atoms with Crippen molar-refractivity contribution < 1.29 is 13.9 Å². The number of amides is 1. The van der Waals surface area contributed by atoms with E-state index >= 15 is 0 Å². The SMILES string of the molecule is Nc1ncc2c(n1)C1(CCN(C(=O)c3ccc(-c4ccccc4Cl)o3)CC1)OCC2. The zero-order chi connectivity index (χ0) is 20.7. The van der Waals surface area contributed by atoms with Gasteiger partial charge in [0.25, 0.3) is 5.91 Å². The molecule has 0 bridgehead atoms. The average molecular weight is 425 g/mol. The lowest BCUT2D eigenvalue weighted by molar-refractivity contribution is -0.0968. The van der Waals surface area contributed by atoms with Crippen molar-refractivity contribution in [3.05, 3.63) is 64.6 Å². The van der Waals surface area contributed by atoms with Crippen LogP contribution in [-0.2, 0) is 16.8 Å². The molecule has 1 saturated heterocycles. The minimum atomic E-state index is -0.507. The number of carbonyl (C=O) groups excluding carboxylic acids is 1. The van der Waals surface area contributed by atoms with Gasteiger partial charge in [0.2, 0.25) is 5.95 Å². The fraction of sp³-hybridized carbons (Fsp3) is 0.318. The van der Waals surface area contributed by atoms with Crippen LogP contribution in [0.25, 0.3) is 11.3 Å². The van der Waals surface area contributed by atoms with Gasteiger partial charge in [-0.25, -0.2) is 9.97 Å². The maximum atomic E-state index is 13.0. The first kappa shape index (κ1) is 19.1. The molecule has 1 aromatic carbocycles. The quantitative estimate of drug-likeness (QED) is 0.674. The average Bonchev–Trinajstić information content (AvgIpc) is 3.25. The Morgan fingerprint density at radius 3 is 2.77 bits per heavy atom. The van der Waals surface area contributed by atoms with Crippen LogP contribution in [0, 0.1) is 0 Å². The number of hydrogen-bond donors (Lipinski definition) is 1. The van der Waals surface area contributed by atoms with Crippen LogP contribution in [0.1, 0.15) is 34.7 Å². The van der Waals surface area contributed by atoms with Gasteiger partial charge in [0.1, 0.15) is 11.4 Å². The lowest BCUT2D eigenvalue weighted by Gasteiger charge is -2.43. The summed E-state index contributed by atoms with van der Waals surface area (Å²) in [5.74, 6) is 0.993. The van der Waals surface area contributed by atoms with Crippen LogP contribution in [0.2, 0.25) is 5.02 Å². The van der Waals surface area contributed by atoms with E-state index in [1.54, 1.807) is 29.3 Å². The molecule has 3 aromatic rings. The summed E-state index contributed by atoms with van der Waals surface area (Å²) in [5, 5.41) is 0.583. The number of fused-ring (bicyclic) bond motifs is 2. The van der Waals surface area contributed by atoms with E-state index in [-0.39, 0.29) is 11.9 Å². The third-order valence-electron chi connectivity index (χ3n) is 5.88. The van der Waals surface area contributed by atoms with E-state index in [1.807, 2.05) is 18.2 Å². The normalized spacial score (nSPS) is 17.7. The molecule has 0 atom stereocenters. The van der Waals surface area contributed by atoms with Crippen molar-refractivity contribution in [2.75, 3.05) is 25.4 Å². The molecule has 30 heavy (non-hydrogen) atoms. The Hall–Kier alpha value is -2.90. The lowest BCUT2D eigenvalue weighted by atomic mass is 9.83. The predicted molar refractivity (Wildman–Crippen MR) is 112 cm³/mol. The Bertz CT molecular complexity index is 1110. The van der Waals surface area contributed by atoms with E-state index in [9.17, 15) is 4.79 Å². The molecule has 2 aromatic heterocycles. The van der Waals surface area contributed by atoms with Gasteiger partial charge in [0.15, 0.2) is 5.76 Å². The molecule has 1 spiro atoms. The summed E-state index contributed by atoms with van der Waals surface area (Å²) in [6.45, 7) is 1.71. The molecule has 1 amide bonds. The number of nitrogen functional groups attached to an aromatic ring is 1. The molecular formula is C22H21ClN4O3. The smallest absolute Gasteiger partial charge is 0.289 e. The topological polar surface area (TPSA) is 94.5 Å². The predicted octanol–water partition coefficient (Wildman–Crippen LogP) is 3.68. The number of nitrogens with zero attached hydrogens (tertiary/aromatic N) is 3. The van der Waals surface area contributed by atoms with Crippen molar-refractivity contribution in [2.24, 2.45) is 0 Å². The third-order valence-corrected chi connectivity index (χ3v) is 6.21. The first-order chi connectivity index (χ1) is 14.6. The summed E-state index contributed by atoms with van der Waals surface area (Å²) in [6, 6.07) is 10.9. The van der Waals surface area contributed by atoms with Crippen LogP contribution in [0.15, 0.2) is 47.0 Å². The van der Waals surface area contributed by atoms with Crippen LogP contribution in [0.3, 0.4) is 0 Å². The Balaban J connectivity index is 1.33. The number of piperidine rings is 1. The molecule has 4 heterocycles. The number of carbonyl (C=O) groups is 1. The van der Waals surface area contributed by atoms with Crippen molar-refractivity contribution >= 4 is 23.5 Å². The first-order valence-corrected chi connectivity index (χ1v) is 10.3. The van der Waals surface area contributed by atoms with Crippen molar-refractivity contribution in [3.8, 4) is 11.3 Å². The Morgan fingerprint density at radius 2 is 1.97 bits per heavy atom. The first-order valence-electron chi connectivity index (χ1n) is 9.96. The van der Waals surface area contributed by atoms with E-state index in [0.717, 1.165) is 23.2 Å². The number of halogens is 1. The standard InChI is InChI=1S/C22H21ClN4O3/c23-16-4-2-1-3-15(16)17-5-6-18(30-17)20(28)27-10-8-22(9-11-27)19-14(7-12-29-22)13-25-21(24)26-19/h1-6,13H,7-12H2,(H2,24,25,26). The van der Waals surface area contributed by atoms with Crippen molar-refractivity contribution in [1.82, 2.24) is 14.9 Å². The molecular weight excluding hydrogens is 404 g/mol.